The number of rotatable bonds is 3. The standard InChI is InChI=1S/C17H16Br2N2O/c18-13-5-3-4-12(10-13)17(22)20-14-8-9-21(11-14)16-7-2-1-6-15(16)19/h1-7,10,14H,8-9,11H2,(H,20,22)/t14-/m1/s1. The molecule has 3 nitrogen and oxygen atoms in total. The summed E-state index contributed by atoms with van der Waals surface area (Å²) in [4.78, 5) is 14.6. The van der Waals surface area contributed by atoms with E-state index in [1.165, 1.54) is 5.69 Å². The molecular weight excluding hydrogens is 408 g/mol. The molecule has 1 amide bonds. The van der Waals surface area contributed by atoms with Gasteiger partial charge >= 0.3 is 0 Å². The van der Waals surface area contributed by atoms with Crippen LogP contribution in [0.25, 0.3) is 0 Å². The van der Waals surface area contributed by atoms with E-state index in [1.54, 1.807) is 0 Å². The molecule has 0 spiro atoms. The van der Waals surface area contributed by atoms with Gasteiger partial charge in [-0.1, -0.05) is 34.1 Å². The monoisotopic (exact) mass is 422 g/mol. The first kappa shape index (κ1) is 15.6. The Hall–Kier alpha value is -1.33. The average Bonchev–Trinajstić information content (AvgIpc) is 2.96. The SMILES string of the molecule is O=C(N[C@@H]1CCN(c2ccccc2Br)C1)c1cccc(Br)c1. The Morgan fingerprint density at radius 1 is 1.14 bits per heavy atom. The molecule has 1 saturated heterocycles. The summed E-state index contributed by atoms with van der Waals surface area (Å²) in [5, 5.41) is 3.12. The van der Waals surface area contributed by atoms with Gasteiger partial charge in [-0.15, -0.1) is 0 Å². The molecule has 1 heterocycles. The highest BCUT2D eigenvalue weighted by molar-refractivity contribution is 9.10. The lowest BCUT2D eigenvalue weighted by Crippen LogP contribution is -2.37. The van der Waals surface area contributed by atoms with Crippen LogP contribution in [0.1, 0.15) is 16.8 Å². The van der Waals surface area contributed by atoms with E-state index in [4.69, 9.17) is 0 Å². The van der Waals surface area contributed by atoms with E-state index >= 15 is 0 Å². The Morgan fingerprint density at radius 3 is 2.73 bits per heavy atom. The van der Waals surface area contributed by atoms with Crippen LogP contribution < -0.4 is 10.2 Å². The Morgan fingerprint density at radius 2 is 1.95 bits per heavy atom. The van der Waals surface area contributed by atoms with E-state index in [9.17, 15) is 4.79 Å². The van der Waals surface area contributed by atoms with Gasteiger partial charge in [-0.2, -0.15) is 0 Å². The van der Waals surface area contributed by atoms with Gasteiger partial charge in [0.25, 0.3) is 5.91 Å². The molecule has 5 heteroatoms. The fourth-order valence-corrected chi connectivity index (χ4v) is 3.64. The van der Waals surface area contributed by atoms with E-state index in [2.05, 4.69) is 48.1 Å². The minimum atomic E-state index is -0.0136. The van der Waals surface area contributed by atoms with E-state index < -0.39 is 0 Å². The largest absolute Gasteiger partial charge is 0.368 e. The van der Waals surface area contributed by atoms with Crippen LogP contribution in [-0.2, 0) is 0 Å². The lowest BCUT2D eigenvalue weighted by Gasteiger charge is -2.20. The first-order valence-electron chi connectivity index (χ1n) is 7.19. The molecule has 2 aromatic carbocycles. The zero-order chi connectivity index (χ0) is 15.5. The molecule has 2 aromatic rings. The Labute approximate surface area is 147 Å². The summed E-state index contributed by atoms with van der Waals surface area (Å²) >= 11 is 6.99. The lowest BCUT2D eigenvalue weighted by atomic mass is 10.2. The second kappa shape index (κ2) is 6.84. The zero-order valence-electron chi connectivity index (χ0n) is 11.9. The van der Waals surface area contributed by atoms with Crippen LogP contribution in [0.4, 0.5) is 5.69 Å². The van der Waals surface area contributed by atoms with E-state index in [0.29, 0.717) is 5.56 Å². The highest BCUT2D eigenvalue weighted by atomic mass is 79.9. The van der Waals surface area contributed by atoms with Crippen LogP contribution >= 0.6 is 31.9 Å². The van der Waals surface area contributed by atoms with Crippen molar-refractivity contribution in [3.63, 3.8) is 0 Å². The molecule has 0 unspecified atom stereocenters. The molecule has 0 aliphatic carbocycles. The predicted molar refractivity (Wildman–Crippen MR) is 96.4 cm³/mol. The van der Waals surface area contributed by atoms with Crippen LogP contribution in [0.15, 0.2) is 57.5 Å². The summed E-state index contributed by atoms with van der Waals surface area (Å²) in [7, 11) is 0. The van der Waals surface area contributed by atoms with Crippen LogP contribution in [0.3, 0.4) is 0 Å². The molecule has 0 radical (unpaired) electrons. The number of carbonyl (C=O) groups is 1. The van der Waals surface area contributed by atoms with Gasteiger partial charge in [0.1, 0.15) is 0 Å². The minimum Gasteiger partial charge on any atom is -0.368 e. The normalized spacial score (nSPS) is 17.5. The van der Waals surface area contributed by atoms with Crippen molar-refractivity contribution in [2.24, 2.45) is 0 Å². The molecule has 0 saturated carbocycles. The van der Waals surface area contributed by atoms with Crippen molar-refractivity contribution >= 4 is 43.5 Å². The molecular formula is C17H16Br2N2O. The molecule has 0 bridgehead atoms. The predicted octanol–water partition coefficient (Wildman–Crippen LogP) is 4.22. The van der Waals surface area contributed by atoms with E-state index in [1.807, 2.05) is 42.5 Å². The maximum absolute atomic E-state index is 12.3. The van der Waals surface area contributed by atoms with Gasteiger partial charge < -0.3 is 10.2 Å². The third kappa shape index (κ3) is 3.52. The zero-order valence-corrected chi connectivity index (χ0v) is 15.1. The van der Waals surface area contributed by atoms with Gasteiger partial charge in [0, 0.05) is 33.6 Å². The number of nitrogens with zero attached hydrogens (tertiary/aromatic N) is 1. The smallest absolute Gasteiger partial charge is 0.251 e. The lowest BCUT2D eigenvalue weighted by molar-refractivity contribution is 0.0940. The number of halogens is 2. The number of para-hydroxylation sites is 1. The molecule has 1 N–H and O–H groups in total. The topological polar surface area (TPSA) is 32.3 Å². The van der Waals surface area contributed by atoms with Gasteiger partial charge in [0.2, 0.25) is 0 Å². The molecule has 1 aliphatic heterocycles. The Bertz CT molecular complexity index is 690. The van der Waals surface area contributed by atoms with Crippen LogP contribution in [0.5, 0.6) is 0 Å². The van der Waals surface area contributed by atoms with Crippen molar-refractivity contribution in [3.05, 3.63) is 63.0 Å². The summed E-state index contributed by atoms with van der Waals surface area (Å²) in [5.41, 5.74) is 1.87. The maximum Gasteiger partial charge on any atom is 0.251 e. The molecule has 1 atom stereocenters. The number of nitrogens with one attached hydrogen (secondary N) is 1. The third-order valence-electron chi connectivity index (χ3n) is 3.80. The summed E-state index contributed by atoms with van der Waals surface area (Å²) in [6.07, 6.45) is 0.959. The van der Waals surface area contributed by atoms with Crippen LogP contribution in [-0.4, -0.2) is 25.0 Å². The van der Waals surface area contributed by atoms with Crippen molar-refractivity contribution < 1.29 is 4.79 Å². The molecule has 114 valence electrons. The van der Waals surface area contributed by atoms with Crippen LogP contribution in [0, 0.1) is 0 Å². The highest BCUT2D eigenvalue weighted by Crippen LogP contribution is 2.28. The summed E-state index contributed by atoms with van der Waals surface area (Å²) in [5.74, 6) is -0.0136. The van der Waals surface area contributed by atoms with Crippen molar-refractivity contribution in [1.29, 1.82) is 0 Å². The Balaban J connectivity index is 1.64. The van der Waals surface area contributed by atoms with Crippen molar-refractivity contribution in [3.8, 4) is 0 Å². The number of benzene rings is 2. The van der Waals surface area contributed by atoms with Gasteiger partial charge in [0.15, 0.2) is 0 Å². The van der Waals surface area contributed by atoms with Gasteiger partial charge in [0.05, 0.1) is 5.69 Å². The first-order chi connectivity index (χ1) is 10.6. The molecule has 1 aliphatic rings. The van der Waals surface area contributed by atoms with Crippen molar-refractivity contribution in [2.45, 2.75) is 12.5 Å². The number of carbonyl (C=O) groups excluding carboxylic acids is 1. The van der Waals surface area contributed by atoms with Crippen molar-refractivity contribution in [1.82, 2.24) is 5.32 Å². The summed E-state index contributed by atoms with van der Waals surface area (Å²) < 4.78 is 2.01. The highest BCUT2D eigenvalue weighted by Gasteiger charge is 2.25. The fraction of sp³-hybridized carbons (Fsp3) is 0.235. The maximum atomic E-state index is 12.3. The number of amides is 1. The second-order valence-electron chi connectivity index (χ2n) is 5.37. The van der Waals surface area contributed by atoms with Gasteiger partial charge in [-0.05, 0) is 52.7 Å². The van der Waals surface area contributed by atoms with E-state index in [0.717, 1.165) is 28.5 Å². The first-order valence-corrected chi connectivity index (χ1v) is 8.78. The van der Waals surface area contributed by atoms with Crippen LogP contribution in [0.2, 0.25) is 0 Å². The quantitative estimate of drug-likeness (QED) is 0.801. The average molecular weight is 424 g/mol. The van der Waals surface area contributed by atoms with E-state index in [-0.39, 0.29) is 11.9 Å². The summed E-state index contributed by atoms with van der Waals surface area (Å²) in [6, 6.07) is 15.8. The Kier molecular flexibility index (Phi) is 4.84. The van der Waals surface area contributed by atoms with Crippen molar-refractivity contribution in [2.75, 3.05) is 18.0 Å². The number of hydrogen-bond acceptors (Lipinski definition) is 2. The third-order valence-corrected chi connectivity index (χ3v) is 4.97. The minimum absolute atomic E-state index is 0.0136. The number of anilines is 1. The molecule has 0 aromatic heterocycles. The number of hydrogen-bond donors (Lipinski definition) is 1. The van der Waals surface area contributed by atoms with Gasteiger partial charge in [-0.25, -0.2) is 0 Å². The second-order valence-corrected chi connectivity index (χ2v) is 7.14. The fourth-order valence-electron chi connectivity index (χ4n) is 2.70. The molecule has 3 rings (SSSR count). The summed E-state index contributed by atoms with van der Waals surface area (Å²) in [6.45, 7) is 1.79. The van der Waals surface area contributed by atoms with Gasteiger partial charge in [-0.3, -0.25) is 4.79 Å². The molecule has 22 heavy (non-hydrogen) atoms. The molecule has 1 fully saturated rings.